The molecule has 9 heteroatoms. The van der Waals surface area contributed by atoms with Crippen LogP contribution >= 0.6 is 11.3 Å². The Bertz CT molecular complexity index is 1210. The Labute approximate surface area is 176 Å². The molecule has 1 aliphatic rings. The van der Waals surface area contributed by atoms with Crippen LogP contribution in [0.25, 0.3) is 16.1 Å². The lowest BCUT2D eigenvalue weighted by atomic mass is 10.00. The molecule has 3 heterocycles. The van der Waals surface area contributed by atoms with Crippen molar-refractivity contribution in [3.63, 3.8) is 0 Å². The third-order valence-corrected chi connectivity index (χ3v) is 5.68. The number of benzene rings is 1. The smallest absolute Gasteiger partial charge is 0.166 e. The molecule has 0 saturated heterocycles. The molecule has 0 unspecified atom stereocenters. The number of thiazole rings is 1. The molecule has 150 valence electrons. The number of hydrogen-bond acceptors (Lipinski definition) is 8. The van der Waals surface area contributed by atoms with Gasteiger partial charge in [-0.2, -0.15) is 5.26 Å². The minimum absolute atomic E-state index is 0.136. The van der Waals surface area contributed by atoms with Gasteiger partial charge in [0.05, 0.1) is 33.9 Å². The van der Waals surface area contributed by atoms with Crippen LogP contribution in [0.1, 0.15) is 29.8 Å². The molecule has 1 atom stereocenters. The normalized spacial score (nSPS) is 17.0. The van der Waals surface area contributed by atoms with E-state index in [1.807, 2.05) is 13.0 Å². The summed E-state index contributed by atoms with van der Waals surface area (Å²) in [5, 5.41) is 20.3. The number of nitrogens with one attached hydrogen (secondary N) is 2. The van der Waals surface area contributed by atoms with Gasteiger partial charge < -0.3 is 21.2 Å². The fourth-order valence-corrected chi connectivity index (χ4v) is 4.18. The Morgan fingerprint density at radius 1 is 1.43 bits per heavy atom. The molecule has 2 aromatic heterocycles. The summed E-state index contributed by atoms with van der Waals surface area (Å²) in [7, 11) is 0. The van der Waals surface area contributed by atoms with Gasteiger partial charge in [-0.05, 0) is 25.1 Å². The summed E-state index contributed by atoms with van der Waals surface area (Å²) in [6.07, 6.45) is 1.97. The second kappa shape index (κ2) is 7.93. The summed E-state index contributed by atoms with van der Waals surface area (Å²) < 4.78 is 20.1. The van der Waals surface area contributed by atoms with Crippen LogP contribution in [-0.4, -0.2) is 16.2 Å². The number of nitrogens with two attached hydrogens (primary N) is 1. The number of nitriles is 1. The van der Waals surface area contributed by atoms with E-state index in [4.69, 9.17) is 15.9 Å². The maximum absolute atomic E-state index is 14.1. The van der Waals surface area contributed by atoms with Crippen LogP contribution in [0.2, 0.25) is 0 Å². The Kier molecular flexibility index (Phi) is 5.16. The number of fused-ring (bicyclic) bond motifs is 5. The zero-order valence-electron chi connectivity index (χ0n) is 15.9. The van der Waals surface area contributed by atoms with Gasteiger partial charge >= 0.3 is 0 Å². The van der Waals surface area contributed by atoms with Crippen molar-refractivity contribution in [2.45, 2.75) is 19.6 Å². The Morgan fingerprint density at radius 2 is 2.27 bits per heavy atom. The number of ether oxygens (including phenoxy) is 1. The van der Waals surface area contributed by atoms with Gasteiger partial charge in [0, 0.05) is 29.1 Å². The summed E-state index contributed by atoms with van der Waals surface area (Å²) in [6.45, 7) is 2.11. The van der Waals surface area contributed by atoms with Crippen molar-refractivity contribution >= 4 is 29.1 Å². The molecule has 0 aliphatic carbocycles. The number of nitrogens with zero attached hydrogens (tertiary/aromatic N) is 3. The number of halogens is 1. The molecule has 3 aromatic rings. The highest BCUT2D eigenvalue weighted by atomic mass is 32.1. The van der Waals surface area contributed by atoms with Gasteiger partial charge in [-0.15, -0.1) is 11.3 Å². The third-order valence-electron chi connectivity index (χ3n) is 4.78. The van der Waals surface area contributed by atoms with Crippen LogP contribution in [0.15, 0.2) is 41.5 Å². The number of hydrogen-bond donors (Lipinski definition) is 3. The first-order chi connectivity index (χ1) is 14.5. The molecule has 0 radical (unpaired) electrons. The number of aromatic nitrogens is 2. The molecule has 0 saturated carbocycles. The van der Waals surface area contributed by atoms with Crippen LogP contribution in [0.3, 0.4) is 0 Å². The molecule has 1 aromatic carbocycles. The van der Waals surface area contributed by atoms with Gasteiger partial charge in [0.15, 0.2) is 11.6 Å². The molecule has 4 rings (SSSR count). The monoisotopic (exact) mass is 420 g/mol. The average Bonchev–Trinajstić information content (AvgIpc) is 3.20. The van der Waals surface area contributed by atoms with Crippen molar-refractivity contribution < 1.29 is 9.13 Å². The number of allylic oxidation sites excluding steroid dienone is 1. The lowest BCUT2D eigenvalue weighted by Gasteiger charge is -2.21. The van der Waals surface area contributed by atoms with Crippen LogP contribution in [0.4, 0.5) is 10.2 Å². The maximum atomic E-state index is 14.1. The summed E-state index contributed by atoms with van der Waals surface area (Å²) in [5.74, 6) is 0.115. The van der Waals surface area contributed by atoms with Crippen molar-refractivity contribution in [2.24, 2.45) is 0 Å². The van der Waals surface area contributed by atoms with Gasteiger partial charge in [0.25, 0.3) is 0 Å². The SMILES string of the molecule is C[C@H]1Oc2cc(cnc2N)/C(=C(\C#N)C=N)NCc2ncsc2-c2ccc(F)cc21. The lowest BCUT2D eigenvalue weighted by Crippen LogP contribution is -2.17. The van der Waals surface area contributed by atoms with E-state index in [0.717, 1.165) is 22.3 Å². The van der Waals surface area contributed by atoms with Crippen molar-refractivity contribution in [3.8, 4) is 22.3 Å². The molecule has 7 nitrogen and oxygen atoms in total. The highest BCUT2D eigenvalue weighted by molar-refractivity contribution is 7.13. The second-order valence-corrected chi connectivity index (χ2v) is 7.48. The molecular weight excluding hydrogens is 403 g/mol. The standard InChI is InChI=1S/C21H17FN6OS/c1-11-16-5-14(22)2-3-15(16)20-17(28-10-30-20)9-26-19(13(6-23)7-24)12-4-18(29-11)21(25)27-8-12/h2-6,8,10-11,23,26H,9H2,1H3,(H2,25,27)/b19-13+,23-6?/t11-/m1/s1. The van der Waals surface area contributed by atoms with E-state index in [-0.39, 0.29) is 17.2 Å². The number of rotatable bonds is 1. The molecule has 0 fully saturated rings. The first-order valence-electron chi connectivity index (χ1n) is 9.05. The number of pyridine rings is 1. The Hall–Kier alpha value is -3.77. The van der Waals surface area contributed by atoms with E-state index in [0.29, 0.717) is 29.1 Å². The Morgan fingerprint density at radius 3 is 3.03 bits per heavy atom. The van der Waals surface area contributed by atoms with Gasteiger partial charge in [-0.1, -0.05) is 6.07 Å². The van der Waals surface area contributed by atoms with E-state index in [1.165, 1.54) is 29.7 Å². The predicted molar refractivity (Wildman–Crippen MR) is 113 cm³/mol. The maximum Gasteiger partial charge on any atom is 0.166 e. The largest absolute Gasteiger partial charge is 0.482 e. The molecular formula is C21H17FN6OS. The number of anilines is 1. The van der Waals surface area contributed by atoms with Crippen molar-refractivity contribution in [3.05, 3.63) is 64.2 Å². The fraction of sp³-hybridized carbons (Fsp3) is 0.143. The molecule has 0 amide bonds. The molecule has 2 bridgehead atoms. The Balaban J connectivity index is 1.95. The van der Waals surface area contributed by atoms with E-state index in [2.05, 4.69) is 15.3 Å². The van der Waals surface area contributed by atoms with E-state index in [1.54, 1.807) is 17.6 Å². The van der Waals surface area contributed by atoms with Crippen molar-refractivity contribution in [1.29, 1.82) is 10.7 Å². The highest BCUT2D eigenvalue weighted by Gasteiger charge is 2.22. The van der Waals surface area contributed by atoms with Gasteiger partial charge in [0.2, 0.25) is 0 Å². The van der Waals surface area contributed by atoms with Crippen molar-refractivity contribution in [2.75, 3.05) is 5.73 Å². The first-order valence-corrected chi connectivity index (χ1v) is 9.93. The molecule has 4 N–H and O–H groups in total. The summed E-state index contributed by atoms with van der Waals surface area (Å²) >= 11 is 1.44. The third kappa shape index (κ3) is 3.49. The second-order valence-electron chi connectivity index (χ2n) is 6.63. The van der Waals surface area contributed by atoms with Crippen LogP contribution in [-0.2, 0) is 6.54 Å². The lowest BCUT2D eigenvalue weighted by molar-refractivity contribution is 0.227. The first kappa shape index (κ1) is 19.5. The highest BCUT2D eigenvalue weighted by Crippen LogP contribution is 2.37. The zero-order valence-corrected chi connectivity index (χ0v) is 16.8. The summed E-state index contributed by atoms with van der Waals surface area (Å²) in [4.78, 5) is 9.49. The topological polar surface area (TPSA) is 121 Å². The predicted octanol–water partition coefficient (Wildman–Crippen LogP) is 4.05. The van der Waals surface area contributed by atoms with Crippen LogP contribution < -0.4 is 15.8 Å². The fourth-order valence-electron chi connectivity index (χ4n) is 3.32. The average molecular weight is 420 g/mol. The van der Waals surface area contributed by atoms with E-state index in [9.17, 15) is 9.65 Å². The number of nitrogen functional groups attached to an aromatic ring is 1. The van der Waals surface area contributed by atoms with Crippen LogP contribution in [0, 0.1) is 22.6 Å². The molecule has 0 spiro atoms. The van der Waals surface area contributed by atoms with Gasteiger partial charge in [-0.25, -0.2) is 14.4 Å². The summed E-state index contributed by atoms with van der Waals surface area (Å²) in [6, 6.07) is 8.24. The van der Waals surface area contributed by atoms with Gasteiger partial charge in [0.1, 0.15) is 18.0 Å². The minimum Gasteiger partial charge on any atom is -0.482 e. The van der Waals surface area contributed by atoms with E-state index >= 15 is 0 Å². The zero-order chi connectivity index (χ0) is 21.3. The van der Waals surface area contributed by atoms with Crippen molar-refractivity contribution in [1.82, 2.24) is 15.3 Å². The van der Waals surface area contributed by atoms with E-state index < -0.39 is 6.10 Å². The molecule has 30 heavy (non-hydrogen) atoms. The summed E-state index contributed by atoms with van der Waals surface area (Å²) in [5.41, 5.74) is 11.0. The quantitative estimate of drug-likeness (QED) is 0.403. The van der Waals surface area contributed by atoms with Gasteiger partial charge in [-0.3, -0.25) is 0 Å². The van der Waals surface area contributed by atoms with Crippen LogP contribution in [0.5, 0.6) is 5.75 Å². The minimum atomic E-state index is -0.525. The molecule has 1 aliphatic heterocycles.